The molecule has 1 aromatic rings. The van der Waals surface area contributed by atoms with E-state index in [2.05, 4.69) is 42.4 Å². The van der Waals surface area contributed by atoms with Crippen molar-refractivity contribution in [1.82, 2.24) is 4.90 Å². The number of likely N-dealkylation sites (tertiary alicyclic amines) is 1. The quantitative estimate of drug-likeness (QED) is 0.861. The summed E-state index contributed by atoms with van der Waals surface area (Å²) in [4.78, 5) is 16.0. The Bertz CT molecular complexity index is 764. The lowest BCUT2D eigenvalue weighted by atomic mass is 9.50. The molecule has 4 nitrogen and oxygen atoms in total. The fraction of sp³-hybridized carbons (Fsp3) is 0.650. The number of fused-ring (bicyclic) bond motifs is 5. The van der Waals surface area contributed by atoms with Gasteiger partial charge in [-0.2, -0.15) is 0 Å². The molecule has 4 heteroatoms. The molecular formula is C20H24N2O2. The van der Waals surface area contributed by atoms with Crippen LogP contribution in [-0.2, 0) is 14.9 Å². The van der Waals surface area contributed by atoms with Gasteiger partial charge in [0.1, 0.15) is 5.41 Å². The summed E-state index contributed by atoms with van der Waals surface area (Å²) in [5, 5.41) is 3.21. The third kappa shape index (κ3) is 1.16. The van der Waals surface area contributed by atoms with Crippen LogP contribution in [0.25, 0.3) is 0 Å². The number of nitrogens with zero attached hydrogens (tertiary/aromatic N) is 1. The molecule has 1 N–H and O–H groups in total. The van der Waals surface area contributed by atoms with Crippen molar-refractivity contribution in [2.24, 2.45) is 23.2 Å². The van der Waals surface area contributed by atoms with Crippen LogP contribution in [-0.4, -0.2) is 43.2 Å². The fourth-order valence-electron chi connectivity index (χ4n) is 7.76. The number of hydrogen-bond acceptors (Lipinski definition) is 3. The highest BCUT2D eigenvalue weighted by Crippen LogP contribution is 2.73. The molecule has 7 atom stereocenters. The number of carbonyl (C=O) groups excluding carboxylic acids is 1. The van der Waals surface area contributed by atoms with Gasteiger partial charge in [-0.25, -0.2) is 0 Å². The third-order valence-electron chi connectivity index (χ3n) is 8.32. The minimum absolute atomic E-state index is 0.0450. The van der Waals surface area contributed by atoms with E-state index < -0.39 is 5.41 Å². The molecule has 1 spiro atoms. The first-order valence-electron chi connectivity index (χ1n) is 9.37. The summed E-state index contributed by atoms with van der Waals surface area (Å²) < 4.78 is 6.37. The SMILES string of the molecule is CC[C@@]12CN(C)[C@H]3C1C1(C(=O)Nc4ccccc41)[C@H]1C[C@@H]2[C@@H]3CO1. The second-order valence-corrected chi connectivity index (χ2v) is 8.67. The Morgan fingerprint density at radius 1 is 1.38 bits per heavy atom. The second-order valence-electron chi connectivity index (χ2n) is 8.67. The number of ether oxygens (including phenoxy) is 1. The molecule has 126 valence electrons. The van der Waals surface area contributed by atoms with Crippen molar-refractivity contribution < 1.29 is 9.53 Å². The summed E-state index contributed by atoms with van der Waals surface area (Å²) in [6, 6.07) is 8.82. The first kappa shape index (κ1) is 13.9. The molecule has 5 aliphatic rings. The zero-order valence-corrected chi connectivity index (χ0v) is 14.3. The van der Waals surface area contributed by atoms with Crippen LogP contribution in [0.15, 0.2) is 24.3 Å². The van der Waals surface area contributed by atoms with Gasteiger partial charge in [-0.3, -0.25) is 4.79 Å². The Balaban J connectivity index is 1.67. The average Bonchev–Trinajstić information content (AvgIpc) is 3.08. The number of para-hydroxylation sites is 1. The van der Waals surface area contributed by atoms with E-state index in [-0.39, 0.29) is 17.4 Å². The molecule has 4 fully saturated rings. The minimum Gasteiger partial charge on any atom is -0.376 e. The first-order valence-corrected chi connectivity index (χ1v) is 9.37. The van der Waals surface area contributed by atoms with Crippen molar-refractivity contribution in [2.75, 3.05) is 25.5 Å². The van der Waals surface area contributed by atoms with Crippen LogP contribution in [0.4, 0.5) is 5.69 Å². The minimum atomic E-state index is -0.482. The van der Waals surface area contributed by atoms with Gasteiger partial charge in [0.2, 0.25) is 5.91 Å². The smallest absolute Gasteiger partial charge is 0.238 e. The maximum Gasteiger partial charge on any atom is 0.238 e. The number of amides is 1. The van der Waals surface area contributed by atoms with E-state index >= 15 is 0 Å². The van der Waals surface area contributed by atoms with Crippen molar-refractivity contribution in [3.8, 4) is 0 Å². The van der Waals surface area contributed by atoms with E-state index in [1.807, 2.05) is 6.07 Å². The summed E-state index contributed by atoms with van der Waals surface area (Å²) >= 11 is 0. The number of carbonyl (C=O) groups is 1. The third-order valence-corrected chi connectivity index (χ3v) is 8.32. The van der Waals surface area contributed by atoms with Crippen LogP contribution in [0.2, 0.25) is 0 Å². The lowest BCUT2D eigenvalue weighted by Gasteiger charge is -2.55. The number of nitrogens with one attached hydrogen (secondary N) is 1. The van der Waals surface area contributed by atoms with Gasteiger partial charge in [-0.15, -0.1) is 0 Å². The van der Waals surface area contributed by atoms with Crippen molar-refractivity contribution in [1.29, 1.82) is 0 Å². The molecule has 3 aliphatic heterocycles. The van der Waals surface area contributed by atoms with Crippen LogP contribution >= 0.6 is 0 Å². The Morgan fingerprint density at radius 2 is 2.21 bits per heavy atom. The van der Waals surface area contributed by atoms with E-state index in [9.17, 15) is 4.79 Å². The monoisotopic (exact) mass is 324 g/mol. The number of hydrogen-bond donors (Lipinski definition) is 1. The largest absolute Gasteiger partial charge is 0.376 e. The topological polar surface area (TPSA) is 41.6 Å². The molecule has 0 aromatic heterocycles. The van der Waals surface area contributed by atoms with E-state index in [1.165, 1.54) is 12.0 Å². The molecule has 3 heterocycles. The lowest BCUT2D eigenvalue weighted by molar-refractivity contribution is -0.161. The normalized spacial score (nSPS) is 50.6. The molecule has 1 amide bonds. The summed E-state index contributed by atoms with van der Waals surface area (Å²) in [5.74, 6) is 1.92. The molecule has 2 saturated heterocycles. The first-order chi connectivity index (χ1) is 11.6. The molecular weight excluding hydrogens is 300 g/mol. The van der Waals surface area contributed by atoms with Gasteiger partial charge >= 0.3 is 0 Å². The molecule has 2 aliphatic carbocycles. The lowest BCUT2D eigenvalue weighted by Crippen LogP contribution is -2.62. The number of rotatable bonds is 1. The zero-order valence-electron chi connectivity index (χ0n) is 14.3. The van der Waals surface area contributed by atoms with Gasteiger partial charge in [0.25, 0.3) is 0 Å². The van der Waals surface area contributed by atoms with Crippen molar-refractivity contribution in [3.05, 3.63) is 29.8 Å². The van der Waals surface area contributed by atoms with Crippen LogP contribution in [0.5, 0.6) is 0 Å². The summed E-state index contributed by atoms with van der Waals surface area (Å²) in [7, 11) is 2.26. The van der Waals surface area contributed by atoms with E-state index in [1.54, 1.807) is 0 Å². The van der Waals surface area contributed by atoms with Gasteiger partial charge < -0.3 is 15.0 Å². The maximum atomic E-state index is 13.5. The second kappa shape index (κ2) is 4.05. The highest BCUT2D eigenvalue weighted by molar-refractivity contribution is 6.07. The van der Waals surface area contributed by atoms with Crippen molar-refractivity contribution >= 4 is 11.6 Å². The van der Waals surface area contributed by atoms with Crippen LogP contribution < -0.4 is 5.32 Å². The van der Waals surface area contributed by atoms with Crippen molar-refractivity contribution in [2.45, 2.75) is 37.3 Å². The summed E-state index contributed by atoms with van der Waals surface area (Å²) in [5.41, 5.74) is 2.00. The standard InChI is InChI=1S/C20H24N2O2/c1-3-19-10-22(2)16-11-9-24-15(8-13(11)19)20(17(16)19)12-6-4-5-7-14(12)21-18(20)23/h4-7,11,13,15-17H,3,8-10H2,1-2H3,(H,21,23)/t11-,13+,15+,16+,17?,19-,20?/m0/s1. The Labute approximate surface area is 142 Å². The number of piperidine rings is 1. The van der Waals surface area contributed by atoms with Gasteiger partial charge in [0.15, 0.2) is 0 Å². The van der Waals surface area contributed by atoms with Crippen molar-refractivity contribution in [3.63, 3.8) is 0 Å². The van der Waals surface area contributed by atoms with E-state index in [0.717, 1.165) is 31.2 Å². The molecule has 0 radical (unpaired) electrons. The molecule has 5 bridgehead atoms. The number of benzene rings is 1. The Kier molecular flexibility index (Phi) is 2.34. The predicted octanol–water partition coefficient (Wildman–Crippen LogP) is 2.25. The summed E-state index contributed by atoms with van der Waals surface area (Å²) in [6.45, 7) is 4.32. The zero-order chi connectivity index (χ0) is 16.3. The summed E-state index contributed by atoms with van der Waals surface area (Å²) in [6.07, 6.45) is 2.27. The van der Waals surface area contributed by atoms with Crippen LogP contribution in [0.1, 0.15) is 25.3 Å². The molecule has 2 saturated carbocycles. The Morgan fingerprint density at radius 3 is 3.04 bits per heavy atom. The highest BCUT2D eigenvalue weighted by Gasteiger charge is 2.79. The van der Waals surface area contributed by atoms with Gasteiger partial charge in [0.05, 0.1) is 12.7 Å². The van der Waals surface area contributed by atoms with Gasteiger partial charge in [-0.05, 0) is 42.9 Å². The maximum absolute atomic E-state index is 13.5. The van der Waals surface area contributed by atoms with Crippen LogP contribution in [0.3, 0.4) is 0 Å². The average molecular weight is 324 g/mol. The number of anilines is 1. The van der Waals surface area contributed by atoms with Gasteiger partial charge in [-0.1, -0.05) is 25.1 Å². The molecule has 2 unspecified atom stereocenters. The van der Waals surface area contributed by atoms with Crippen LogP contribution in [0, 0.1) is 23.2 Å². The highest BCUT2D eigenvalue weighted by atomic mass is 16.5. The molecule has 24 heavy (non-hydrogen) atoms. The molecule has 1 aromatic carbocycles. The predicted molar refractivity (Wildman–Crippen MR) is 90.7 cm³/mol. The molecule has 6 rings (SSSR count). The Hall–Kier alpha value is -1.39. The fourth-order valence-corrected chi connectivity index (χ4v) is 7.76. The van der Waals surface area contributed by atoms with E-state index in [4.69, 9.17) is 4.74 Å². The van der Waals surface area contributed by atoms with Gasteiger partial charge in [0, 0.05) is 30.1 Å². The van der Waals surface area contributed by atoms with E-state index in [0.29, 0.717) is 17.9 Å².